The predicted molar refractivity (Wildman–Crippen MR) is 134 cm³/mol. The largest absolute Gasteiger partial charge is 0.497 e. The van der Waals surface area contributed by atoms with E-state index in [-0.39, 0.29) is 23.8 Å². The molecule has 0 atom stereocenters. The number of carbonyl (C=O) groups excluding carboxylic acids is 2. The highest BCUT2D eigenvalue weighted by atomic mass is 32.2. The van der Waals surface area contributed by atoms with Crippen LogP contribution in [-0.4, -0.2) is 58.1 Å². The first-order valence-electron chi connectivity index (χ1n) is 10.6. The van der Waals surface area contributed by atoms with E-state index in [2.05, 4.69) is 0 Å². The third-order valence-electron chi connectivity index (χ3n) is 5.06. The number of benzene rings is 2. The van der Waals surface area contributed by atoms with Crippen LogP contribution in [0.15, 0.2) is 69.6 Å². The molecule has 2 heterocycles. The second-order valence-electron chi connectivity index (χ2n) is 7.17. The molecule has 3 aromatic rings. The molecule has 1 aromatic heterocycles. The number of methoxy groups -OCH3 is 1. The molecule has 1 aliphatic heterocycles. The van der Waals surface area contributed by atoms with Crippen LogP contribution in [0.2, 0.25) is 0 Å². The van der Waals surface area contributed by atoms with Crippen molar-refractivity contribution < 1.29 is 19.1 Å². The zero-order chi connectivity index (χ0) is 24.1. The molecule has 0 saturated carbocycles. The molecule has 0 unspecified atom stereocenters. The van der Waals surface area contributed by atoms with Crippen molar-refractivity contribution in [2.24, 2.45) is 0 Å². The van der Waals surface area contributed by atoms with Gasteiger partial charge in [0.25, 0.3) is 5.56 Å². The van der Waals surface area contributed by atoms with E-state index in [1.54, 1.807) is 47.8 Å². The first kappa shape index (κ1) is 23.9. The maximum Gasteiger partial charge on any atom is 0.333 e. The first-order valence-corrected chi connectivity index (χ1v) is 12.6. The maximum atomic E-state index is 13.4. The Hall–Kier alpha value is -3.24. The molecule has 1 saturated heterocycles. The molecule has 2 aromatic carbocycles. The highest BCUT2D eigenvalue weighted by Crippen LogP contribution is 2.30. The number of carbonyl (C=O) groups is 2. The van der Waals surface area contributed by atoms with Crippen LogP contribution < -0.4 is 10.3 Å². The van der Waals surface area contributed by atoms with E-state index in [4.69, 9.17) is 14.5 Å². The van der Waals surface area contributed by atoms with Crippen molar-refractivity contribution in [2.75, 3.05) is 31.8 Å². The van der Waals surface area contributed by atoms with Gasteiger partial charge in [-0.1, -0.05) is 35.7 Å². The molecule has 0 N–H and O–H groups in total. The Morgan fingerprint density at radius 3 is 2.68 bits per heavy atom. The van der Waals surface area contributed by atoms with Gasteiger partial charge in [-0.15, -0.1) is 0 Å². The second-order valence-corrected chi connectivity index (χ2v) is 9.22. The number of rotatable bonds is 8. The monoisotopic (exact) mass is 497 g/mol. The van der Waals surface area contributed by atoms with Gasteiger partial charge in [0.05, 0.1) is 47.2 Å². The molecule has 34 heavy (non-hydrogen) atoms. The third kappa shape index (κ3) is 5.13. The summed E-state index contributed by atoms with van der Waals surface area (Å²) in [4.78, 5) is 43.9. The van der Waals surface area contributed by atoms with Crippen molar-refractivity contribution in [3.63, 3.8) is 0 Å². The Bertz CT molecular complexity index is 1300. The predicted octanol–water partition coefficient (Wildman–Crippen LogP) is 3.47. The molecule has 1 aliphatic rings. The van der Waals surface area contributed by atoms with Crippen LogP contribution in [-0.2, 0) is 14.3 Å². The molecule has 0 radical (unpaired) electrons. The van der Waals surface area contributed by atoms with Gasteiger partial charge in [0.2, 0.25) is 5.91 Å². The Balaban J connectivity index is 1.61. The molecule has 0 bridgehead atoms. The van der Waals surface area contributed by atoms with Gasteiger partial charge in [-0.25, -0.2) is 9.78 Å². The fraction of sp³-hybridized carbons (Fsp3) is 0.250. The lowest BCUT2D eigenvalue weighted by molar-refractivity contribution is -0.137. The summed E-state index contributed by atoms with van der Waals surface area (Å²) in [5.74, 6) is 0.904. The van der Waals surface area contributed by atoms with Crippen molar-refractivity contribution in [1.29, 1.82) is 0 Å². The number of hydrogen-bond donors (Lipinski definition) is 0. The molecular formula is C24H23N3O5S2. The minimum atomic E-state index is -0.470. The summed E-state index contributed by atoms with van der Waals surface area (Å²) < 4.78 is 11.8. The molecule has 0 aliphatic carbocycles. The quantitative estimate of drug-likeness (QED) is 0.202. The molecular weight excluding hydrogens is 474 g/mol. The molecule has 1 fully saturated rings. The van der Waals surface area contributed by atoms with E-state index in [0.717, 1.165) is 0 Å². The van der Waals surface area contributed by atoms with Crippen LogP contribution in [0.4, 0.5) is 0 Å². The lowest BCUT2D eigenvalue weighted by atomic mass is 10.2. The van der Waals surface area contributed by atoms with Gasteiger partial charge in [-0.05, 0) is 43.3 Å². The van der Waals surface area contributed by atoms with Crippen molar-refractivity contribution in [3.05, 3.63) is 70.0 Å². The summed E-state index contributed by atoms with van der Waals surface area (Å²) in [7, 11) is 1.59. The molecule has 0 spiro atoms. The fourth-order valence-electron chi connectivity index (χ4n) is 3.45. The maximum absolute atomic E-state index is 13.4. The highest BCUT2D eigenvalue weighted by molar-refractivity contribution is 8.04. The second kappa shape index (κ2) is 10.8. The molecule has 1 amide bonds. The highest BCUT2D eigenvalue weighted by Gasteiger charge is 2.27. The smallest absolute Gasteiger partial charge is 0.333 e. The van der Waals surface area contributed by atoms with Gasteiger partial charge in [0, 0.05) is 12.3 Å². The average molecular weight is 498 g/mol. The molecule has 8 nitrogen and oxygen atoms in total. The summed E-state index contributed by atoms with van der Waals surface area (Å²) in [6.45, 7) is 2.37. The lowest BCUT2D eigenvalue weighted by Gasteiger charge is -2.18. The summed E-state index contributed by atoms with van der Waals surface area (Å²) >= 11 is 2.69. The molecule has 4 rings (SSSR count). The van der Waals surface area contributed by atoms with Crippen LogP contribution in [0.3, 0.4) is 0 Å². The van der Waals surface area contributed by atoms with Crippen LogP contribution in [0.1, 0.15) is 6.92 Å². The summed E-state index contributed by atoms with van der Waals surface area (Å²) in [6.07, 6.45) is 1.35. The number of thioether (sulfide) groups is 2. The third-order valence-corrected chi connectivity index (χ3v) is 7.00. The van der Waals surface area contributed by atoms with E-state index in [1.165, 1.54) is 29.6 Å². The Morgan fingerprint density at radius 2 is 1.94 bits per heavy atom. The van der Waals surface area contributed by atoms with Crippen LogP contribution in [0, 0.1) is 0 Å². The Labute approximate surface area is 204 Å². The number of aromatic nitrogens is 2. The summed E-state index contributed by atoms with van der Waals surface area (Å²) in [6, 6.07) is 14.4. The Morgan fingerprint density at radius 1 is 1.18 bits per heavy atom. The number of nitrogens with zero attached hydrogens (tertiary/aromatic N) is 3. The van der Waals surface area contributed by atoms with Crippen molar-refractivity contribution >= 4 is 46.3 Å². The van der Waals surface area contributed by atoms with E-state index >= 15 is 0 Å². The van der Waals surface area contributed by atoms with E-state index in [1.807, 2.05) is 24.3 Å². The number of esters is 1. The number of ether oxygens (including phenoxy) is 2. The van der Waals surface area contributed by atoms with Gasteiger partial charge < -0.3 is 14.4 Å². The van der Waals surface area contributed by atoms with Crippen LogP contribution in [0.25, 0.3) is 16.6 Å². The standard InChI is InChI=1S/C24H23N3O5S2/c1-3-32-22(29)14-21-26(20(28)15-34-21)12-13-33-24-25-19-7-5-4-6-18(19)23(30)27(24)16-8-10-17(31-2)11-9-16/h4-11,14H,3,12-13,15H2,1-2H3/b21-14+. The average Bonchev–Trinajstić information content (AvgIpc) is 3.18. The molecule has 10 heteroatoms. The van der Waals surface area contributed by atoms with E-state index in [9.17, 15) is 14.4 Å². The summed E-state index contributed by atoms with van der Waals surface area (Å²) in [5, 5.41) is 1.61. The van der Waals surface area contributed by atoms with Gasteiger partial charge in [-0.3, -0.25) is 14.2 Å². The summed E-state index contributed by atoms with van der Waals surface area (Å²) in [5.41, 5.74) is 1.10. The lowest BCUT2D eigenvalue weighted by Crippen LogP contribution is -2.28. The van der Waals surface area contributed by atoms with Crippen LogP contribution in [0.5, 0.6) is 5.75 Å². The Kier molecular flexibility index (Phi) is 7.59. The number of para-hydroxylation sites is 1. The van der Waals surface area contributed by atoms with Crippen LogP contribution >= 0.6 is 23.5 Å². The van der Waals surface area contributed by atoms with Gasteiger partial charge in [0.1, 0.15) is 5.75 Å². The minimum Gasteiger partial charge on any atom is -0.497 e. The number of hydrogen-bond acceptors (Lipinski definition) is 8. The number of amides is 1. The molecule has 176 valence electrons. The van der Waals surface area contributed by atoms with E-state index in [0.29, 0.717) is 44.8 Å². The van der Waals surface area contributed by atoms with Gasteiger partial charge in [0.15, 0.2) is 5.16 Å². The van der Waals surface area contributed by atoms with Crippen molar-refractivity contribution in [1.82, 2.24) is 14.5 Å². The zero-order valence-corrected chi connectivity index (χ0v) is 20.4. The SMILES string of the molecule is CCOC(=O)/C=C1/SCC(=O)N1CCSc1nc2ccccc2c(=O)n1-c1ccc(OC)cc1. The zero-order valence-electron chi connectivity index (χ0n) is 18.7. The minimum absolute atomic E-state index is 0.0693. The first-order chi connectivity index (χ1) is 16.5. The van der Waals surface area contributed by atoms with Crippen molar-refractivity contribution in [3.8, 4) is 11.4 Å². The number of fused-ring (bicyclic) bond motifs is 1. The fourth-order valence-corrected chi connectivity index (χ4v) is 5.34. The normalized spacial score (nSPS) is 14.7. The van der Waals surface area contributed by atoms with E-state index < -0.39 is 5.97 Å². The van der Waals surface area contributed by atoms with Gasteiger partial charge >= 0.3 is 5.97 Å². The van der Waals surface area contributed by atoms with Gasteiger partial charge in [-0.2, -0.15) is 0 Å². The van der Waals surface area contributed by atoms with Crippen molar-refractivity contribution in [2.45, 2.75) is 12.1 Å². The topological polar surface area (TPSA) is 90.7 Å².